The molecule has 0 aliphatic carbocycles. The fourth-order valence-electron chi connectivity index (χ4n) is 1.47. The normalized spacial score (nSPS) is 10.6. The van der Waals surface area contributed by atoms with Crippen molar-refractivity contribution in [1.29, 1.82) is 0 Å². The highest BCUT2D eigenvalue weighted by Crippen LogP contribution is 2.05. The number of esters is 1. The second-order valence-electron chi connectivity index (χ2n) is 4.79. The number of carbonyl (C=O) groups is 2. The molecule has 0 aromatic rings. The van der Waals surface area contributed by atoms with Crippen LogP contribution < -0.4 is 0 Å². The average molecular weight is 242 g/mol. The van der Waals surface area contributed by atoms with Gasteiger partial charge in [-0.1, -0.05) is 52.9 Å². The zero-order valence-corrected chi connectivity index (χ0v) is 11.5. The van der Waals surface area contributed by atoms with Crippen LogP contribution in [-0.2, 0) is 14.3 Å². The molecule has 0 atom stereocenters. The molecule has 0 saturated heterocycles. The Morgan fingerprint density at radius 3 is 2.18 bits per heavy atom. The van der Waals surface area contributed by atoms with Crippen molar-refractivity contribution < 1.29 is 14.3 Å². The average Bonchev–Trinajstić information content (AvgIpc) is 2.27. The quantitative estimate of drug-likeness (QED) is 0.334. The van der Waals surface area contributed by atoms with Gasteiger partial charge in [-0.2, -0.15) is 0 Å². The van der Waals surface area contributed by atoms with Gasteiger partial charge in [-0.15, -0.1) is 0 Å². The first-order chi connectivity index (χ1) is 8.07. The zero-order valence-electron chi connectivity index (χ0n) is 11.5. The summed E-state index contributed by atoms with van der Waals surface area (Å²) in [6.07, 6.45) is 6.92. The first-order valence-electron chi connectivity index (χ1n) is 6.76. The van der Waals surface area contributed by atoms with Crippen LogP contribution in [0.2, 0.25) is 0 Å². The monoisotopic (exact) mass is 242 g/mol. The van der Waals surface area contributed by atoms with Crippen LogP contribution in [0.25, 0.3) is 0 Å². The topological polar surface area (TPSA) is 43.4 Å². The largest absolute Gasteiger partial charge is 0.465 e. The molecule has 0 aliphatic rings. The Balaban J connectivity index is 3.36. The molecule has 0 unspecified atom stereocenters. The van der Waals surface area contributed by atoms with E-state index in [2.05, 4.69) is 6.92 Å². The minimum absolute atomic E-state index is 0.0436. The number of unbranched alkanes of at least 4 members (excludes halogenated alkanes) is 5. The number of hydrogen-bond donors (Lipinski definition) is 0. The summed E-state index contributed by atoms with van der Waals surface area (Å²) in [5, 5.41) is 0. The van der Waals surface area contributed by atoms with E-state index in [0.29, 0.717) is 6.61 Å². The van der Waals surface area contributed by atoms with Crippen molar-refractivity contribution in [2.45, 2.75) is 65.7 Å². The summed E-state index contributed by atoms with van der Waals surface area (Å²) in [6.45, 7) is 6.23. The number of rotatable bonds is 10. The van der Waals surface area contributed by atoms with Gasteiger partial charge in [0.1, 0.15) is 12.2 Å². The third-order valence-electron chi connectivity index (χ3n) is 2.72. The summed E-state index contributed by atoms with van der Waals surface area (Å²) >= 11 is 0. The minimum Gasteiger partial charge on any atom is -0.465 e. The lowest BCUT2D eigenvalue weighted by molar-refractivity contribution is -0.146. The van der Waals surface area contributed by atoms with Crippen LogP contribution in [-0.4, -0.2) is 18.4 Å². The summed E-state index contributed by atoms with van der Waals surface area (Å²) in [6, 6.07) is 0. The lowest BCUT2D eigenvalue weighted by Crippen LogP contribution is -2.15. The van der Waals surface area contributed by atoms with Crippen LogP contribution in [0.3, 0.4) is 0 Å². The second kappa shape index (κ2) is 10.3. The number of hydrogen-bond acceptors (Lipinski definition) is 3. The number of Topliss-reactive ketones (excluding diaryl/α,β-unsaturated/α-hetero) is 1. The van der Waals surface area contributed by atoms with Crippen LogP contribution >= 0.6 is 0 Å². The number of ether oxygens (including phenoxy) is 1. The molecule has 0 fully saturated rings. The van der Waals surface area contributed by atoms with Crippen molar-refractivity contribution in [1.82, 2.24) is 0 Å². The first-order valence-corrected chi connectivity index (χ1v) is 6.76. The Morgan fingerprint density at radius 2 is 1.59 bits per heavy atom. The van der Waals surface area contributed by atoms with E-state index in [9.17, 15) is 9.59 Å². The Hall–Kier alpha value is -0.860. The Labute approximate surface area is 105 Å². The lowest BCUT2D eigenvalue weighted by atomic mass is 10.1. The van der Waals surface area contributed by atoms with Crippen LogP contribution in [0.15, 0.2) is 0 Å². The molecule has 0 rings (SSSR count). The molecule has 0 radical (unpaired) electrons. The standard InChI is InChI=1S/C14H26O3/c1-4-5-6-7-8-9-10-17-14(16)11-13(15)12(2)3/h12H,4-11H2,1-3H3. The molecule has 0 heterocycles. The van der Waals surface area contributed by atoms with E-state index in [1.807, 2.05) is 0 Å². The van der Waals surface area contributed by atoms with E-state index in [1.54, 1.807) is 13.8 Å². The van der Waals surface area contributed by atoms with Gasteiger partial charge in [0, 0.05) is 5.92 Å². The predicted molar refractivity (Wildman–Crippen MR) is 68.8 cm³/mol. The smallest absolute Gasteiger partial charge is 0.313 e. The van der Waals surface area contributed by atoms with Crippen molar-refractivity contribution in [3.05, 3.63) is 0 Å². The van der Waals surface area contributed by atoms with Gasteiger partial charge >= 0.3 is 5.97 Å². The van der Waals surface area contributed by atoms with Gasteiger partial charge in [0.2, 0.25) is 0 Å². The van der Waals surface area contributed by atoms with Gasteiger partial charge in [0.15, 0.2) is 0 Å². The Morgan fingerprint density at radius 1 is 1.00 bits per heavy atom. The zero-order chi connectivity index (χ0) is 13.1. The molecule has 0 saturated carbocycles. The van der Waals surface area contributed by atoms with E-state index in [0.717, 1.165) is 12.8 Å². The van der Waals surface area contributed by atoms with Crippen molar-refractivity contribution >= 4 is 11.8 Å². The number of carbonyl (C=O) groups excluding carboxylic acids is 2. The summed E-state index contributed by atoms with van der Waals surface area (Å²) in [5.41, 5.74) is 0. The van der Waals surface area contributed by atoms with Gasteiger partial charge in [-0.3, -0.25) is 9.59 Å². The molecular weight excluding hydrogens is 216 g/mol. The fourth-order valence-corrected chi connectivity index (χ4v) is 1.47. The van der Waals surface area contributed by atoms with E-state index in [-0.39, 0.29) is 24.1 Å². The van der Waals surface area contributed by atoms with Crippen molar-refractivity contribution in [2.24, 2.45) is 5.92 Å². The van der Waals surface area contributed by atoms with Crippen LogP contribution in [0.4, 0.5) is 0 Å². The number of ketones is 1. The molecule has 0 aliphatic heterocycles. The van der Waals surface area contributed by atoms with Gasteiger partial charge < -0.3 is 4.74 Å². The molecule has 0 N–H and O–H groups in total. The van der Waals surface area contributed by atoms with Gasteiger partial charge in [0.05, 0.1) is 6.61 Å². The first kappa shape index (κ1) is 16.1. The fraction of sp³-hybridized carbons (Fsp3) is 0.857. The minimum atomic E-state index is -0.378. The van der Waals surface area contributed by atoms with E-state index < -0.39 is 0 Å². The Kier molecular flexibility index (Phi) is 9.78. The molecule has 3 heteroatoms. The van der Waals surface area contributed by atoms with Gasteiger partial charge in [-0.25, -0.2) is 0 Å². The molecule has 100 valence electrons. The lowest BCUT2D eigenvalue weighted by Gasteiger charge is -2.05. The Bertz CT molecular complexity index is 222. The second-order valence-corrected chi connectivity index (χ2v) is 4.79. The van der Waals surface area contributed by atoms with Crippen LogP contribution in [0.5, 0.6) is 0 Å². The van der Waals surface area contributed by atoms with Gasteiger partial charge in [-0.05, 0) is 6.42 Å². The highest BCUT2D eigenvalue weighted by Gasteiger charge is 2.13. The molecular formula is C14H26O3. The highest BCUT2D eigenvalue weighted by molar-refractivity contribution is 5.96. The molecule has 17 heavy (non-hydrogen) atoms. The van der Waals surface area contributed by atoms with E-state index in [4.69, 9.17) is 4.74 Å². The third-order valence-corrected chi connectivity index (χ3v) is 2.72. The maximum atomic E-state index is 11.3. The molecule has 3 nitrogen and oxygen atoms in total. The maximum Gasteiger partial charge on any atom is 0.313 e. The summed E-state index contributed by atoms with van der Waals surface area (Å²) in [5.74, 6) is -0.508. The predicted octanol–water partition coefficient (Wildman–Crippen LogP) is 3.51. The summed E-state index contributed by atoms with van der Waals surface area (Å²) in [4.78, 5) is 22.5. The van der Waals surface area contributed by atoms with Crippen molar-refractivity contribution in [3.63, 3.8) is 0 Å². The van der Waals surface area contributed by atoms with E-state index in [1.165, 1.54) is 25.7 Å². The van der Waals surface area contributed by atoms with Crippen molar-refractivity contribution in [2.75, 3.05) is 6.61 Å². The molecule has 0 spiro atoms. The SMILES string of the molecule is CCCCCCCCOC(=O)CC(=O)C(C)C. The molecule has 0 aromatic heterocycles. The molecule has 0 aromatic carbocycles. The summed E-state index contributed by atoms with van der Waals surface area (Å²) in [7, 11) is 0. The van der Waals surface area contributed by atoms with Crippen molar-refractivity contribution in [3.8, 4) is 0 Å². The third kappa shape index (κ3) is 10.0. The van der Waals surface area contributed by atoms with Gasteiger partial charge in [0.25, 0.3) is 0 Å². The maximum absolute atomic E-state index is 11.3. The molecule has 0 bridgehead atoms. The van der Waals surface area contributed by atoms with E-state index >= 15 is 0 Å². The van der Waals surface area contributed by atoms with Crippen LogP contribution in [0, 0.1) is 5.92 Å². The highest BCUT2D eigenvalue weighted by atomic mass is 16.5. The van der Waals surface area contributed by atoms with Crippen LogP contribution in [0.1, 0.15) is 65.7 Å². The molecule has 0 amide bonds. The summed E-state index contributed by atoms with van der Waals surface area (Å²) < 4.78 is 5.01.